The highest BCUT2D eigenvalue weighted by atomic mass is 35.5. The van der Waals surface area contributed by atoms with Crippen molar-refractivity contribution in [2.24, 2.45) is 0 Å². The van der Waals surface area contributed by atoms with Crippen LogP contribution in [0.4, 0.5) is 0 Å². The van der Waals surface area contributed by atoms with E-state index in [0.717, 1.165) is 31.7 Å². The Bertz CT molecular complexity index is 795. The van der Waals surface area contributed by atoms with Crippen LogP contribution in [0, 0.1) is 0 Å². The number of hydrogen-bond acceptors (Lipinski definition) is 6. The number of esters is 1. The molecule has 7 heteroatoms. The molecule has 1 aliphatic heterocycles. The molecule has 2 aromatic rings. The van der Waals surface area contributed by atoms with E-state index >= 15 is 0 Å². The maximum absolute atomic E-state index is 12.2. The Morgan fingerprint density at radius 3 is 2.73 bits per heavy atom. The molecule has 0 atom stereocenters. The van der Waals surface area contributed by atoms with Crippen LogP contribution in [-0.2, 0) is 9.53 Å². The van der Waals surface area contributed by atoms with E-state index in [2.05, 4.69) is 22.0 Å². The van der Waals surface area contributed by atoms with Gasteiger partial charge >= 0.3 is 5.97 Å². The molecule has 3 rings (SSSR count). The number of likely N-dealkylation sites (N-methyl/N-ethyl adjacent to an activating group) is 1. The number of hydrogen-bond donors (Lipinski definition) is 0. The van der Waals surface area contributed by atoms with Crippen LogP contribution in [0.25, 0.3) is 17.4 Å². The summed E-state index contributed by atoms with van der Waals surface area (Å²) in [4.78, 5) is 16.7. The minimum Gasteiger partial charge on any atom is -0.466 e. The summed E-state index contributed by atoms with van der Waals surface area (Å²) in [6, 6.07) is 9.17. The third kappa shape index (κ3) is 4.52. The second kappa shape index (κ2) is 8.49. The lowest BCUT2D eigenvalue weighted by Gasteiger charge is -2.32. The first-order valence-corrected chi connectivity index (χ1v) is 8.86. The van der Waals surface area contributed by atoms with Crippen LogP contribution in [0.2, 0.25) is 5.02 Å². The standard InChI is InChI=1S/C19H22ClN3O3/c1-22-7-9-23(10-8-22)13-14(19(24)25-2)11-15-12-18(26-21-15)16-5-3-4-6-17(16)20/h3-6,11-12H,7-10,13H2,1-2H3/b14-11-. The van der Waals surface area contributed by atoms with Crippen LogP contribution in [-0.4, -0.2) is 67.8 Å². The number of benzene rings is 1. The molecule has 1 aromatic heterocycles. The molecular weight excluding hydrogens is 354 g/mol. The molecule has 0 bridgehead atoms. The van der Waals surface area contributed by atoms with Crippen molar-refractivity contribution in [3.05, 3.63) is 46.6 Å². The second-order valence-corrected chi connectivity index (χ2v) is 6.74. The summed E-state index contributed by atoms with van der Waals surface area (Å²) in [6.07, 6.45) is 1.72. The van der Waals surface area contributed by atoms with Gasteiger partial charge in [0.1, 0.15) is 5.69 Å². The third-order valence-electron chi connectivity index (χ3n) is 4.43. The molecule has 1 aromatic carbocycles. The Labute approximate surface area is 158 Å². The molecule has 1 saturated heterocycles. The topological polar surface area (TPSA) is 58.8 Å². The number of aromatic nitrogens is 1. The minimum absolute atomic E-state index is 0.355. The zero-order valence-electron chi connectivity index (χ0n) is 14.9. The van der Waals surface area contributed by atoms with E-state index in [1.807, 2.05) is 18.2 Å². The molecule has 0 saturated carbocycles. The molecule has 0 unspecified atom stereocenters. The van der Waals surface area contributed by atoms with E-state index in [9.17, 15) is 4.79 Å². The maximum Gasteiger partial charge on any atom is 0.335 e. The van der Waals surface area contributed by atoms with E-state index in [-0.39, 0.29) is 5.97 Å². The predicted octanol–water partition coefficient (Wildman–Crippen LogP) is 2.80. The number of ether oxygens (including phenoxy) is 1. The van der Waals surface area contributed by atoms with Gasteiger partial charge in [0.25, 0.3) is 0 Å². The van der Waals surface area contributed by atoms with Crippen molar-refractivity contribution in [1.29, 1.82) is 0 Å². The summed E-state index contributed by atoms with van der Waals surface area (Å²) in [5.41, 5.74) is 1.88. The van der Waals surface area contributed by atoms with Gasteiger partial charge in [-0.2, -0.15) is 0 Å². The molecule has 6 nitrogen and oxygen atoms in total. The Kier molecular flexibility index (Phi) is 6.08. The van der Waals surface area contributed by atoms with Gasteiger partial charge in [-0.1, -0.05) is 28.9 Å². The summed E-state index contributed by atoms with van der Waals surface area (Å²) >= 11 is 6.20. The van der Waals surface area contributed by atoms with Crippen molar-refractivity contribution in [2.45, 2.75) is 0 Å². The van der Waals surface area contributed by atoms with Gasteiger partial charge in [-0.25, -0.2) is 4.79 Å². The normalized spacial score (nSPS) is 16.7. The first-order chi connectivity index (χ1) is 12.6. The van der Waals surface area contributed by atoms with Gasteiger partial charge < -0.3 is 14.2 Å². The fourth-order valence-corrected chi connectivity index (χ4v) is 3.10. The zero-order valence-corrected chi connectivity index (χ0v) is 15.7. The summed E-state index contributed by atoms with van der Waals surface area (Å²) in [5, 5.41) is 4.64. The first-order valence-electron chi connectivity index (χ1n) is 8.48. The summed E-state index contributed by atoms with van der Waals surface area (Å²) in [6.45, 7) is 4.31. The molecule has 0 aliphatic carbocycles. The van der Waals surface area contributed by atoms with Gasteiger partial charge in [0.15, 0.2) is 5.76 Å². The largest absolute Gasteiger partial charge is 0.466 e. The van der Waals surface area contributed by atoms with Gasteiger partial charge in [-0.05, 0) is 25.3 Å². The van der Waals surface area contributed by atoms with Crippen LogP contribution in [0.1, 0.15) is 5.69 Å². The Balaban J connectivity index is 1.80. The quantitative estimate of drug-likeness (QED) is 0.591. The molecule has 0 amide bonds. The van der Waals surface area contributed by atoms with Gasteiger partial charge in [0, 0.05) is 44.4 Å². The van der Waals surface area contributed by atoms with Crippen molar-refractivity contribution in [3.8, 4) is 11.3 Å². The molecule has 2 heterocycles. The zero-order chi connectivity index (χ0) is 18.5. The first kappa shape index (κ1) is 18.6. The highest BCUT2D eigenvalue weighted by molar-refractivity contribution is 6.33. The van der Waals surface area contributed by atoms with Crippen LogP contribution in [0.3, 0.4) is 0 Å². The maximum atomic E-state index is 12.2. The van der Waals surface area contributed by atoms with Crippen LogP contribution in [0.15, 0.2) is 40.4 Å². The lowest BCUT2D eigenvalue weighted by molar-refractivity contribution is -0.136. The average Bonchev–Trinajstić information content (AvgIpc) is 3.11. The number of methoxy groups -OCH3 is 1. The monoisotopic (exact) mass is 375 g/mol. The van der Waals surface area contributed by atoms with Crippen molar-refractivity contribution in [1.82, 2.24) is 15.0 Å². The number of nitrogens with zero attached hydrogens (tertiary/aromatic N) is 3. The van der Waals surface area contributed by atoms with Crippen molar-refractivity contribution in [3.63, 3.8) is 0 Å². The van der Waals surface area contributed by atoms with E-state index in [1.54, 1.807) is 18.2 Å². The molecule has 1 aliphatic rings. The number of carbonyl (C=O) groups excluding carboxylic acids is 1. The van der Waals surface area contributed by atoms with E-state index < -0.39 is 0 Å². The average molecular weight is 376 g/mol. The van der Waals surface area contributed by atoms with E-state index in [1.165, 1.54) is 7.11 Å². The molecule has 0 N–H and O–H groups in total. The molecule has 0 spiro atoms. The Hall–Kier alpha value is -2.15. The number of piperazine rings is 1. The summed E-state index contributed by atoms with van der Waals surface area (Å²) < 4.78 is 10.3. The Morgan fingerprint density at radius 1 is 1.31 bits per heavy atom. The van der Waals surface area contributed by atoms with Gasteiger partial charge in [0.2, 0.25) is 0 Å². The number of halogens is 1. The van der Waals surface area contributed by atoms with Crippen molar-refractivity contribution in [2.75, 3.05) is 46.9 Å². The number of rotatable bonds is 5. The lowest BCUT2D eigenvalue weighted by Crippen LogP contribution is -2.45. The van der Waals surface area contributed by atoms with Crippen LogP contribution < -0.4 is 0 Å². The fraction of sp³-hybridized carbons (Fsp3) is 0.368. The minimum atomic E-state index is -0.355. The van der Waals surface area contributed by atoms with E-state index in [0.29, 0.717) is 28.6 Å². The van der Waals surface area contributed by atoms with E-state index in [4.69, 9.17) is 20.9 Å². The smallest absolute Gasteiger partial charge is 0.335 e. The number of carbonyl (C=O) groups is 1. The molecular formula is C19H22ClN3O3. The lowest BCUT2D eigenvalue weighted by atomic mass is 10.1. The molecule has 26 heavy (non-hydrogen) atoms. The Morgan fingerprint density at radius 2 is 2.04 bits per heavy atom. The van der Waals surface area contributed by atoms with Crippen LogP contribution >= 0.6 is 11.6 Å². The SMILES string of the molecule is COC(=O)/C(=C\c1cc(-c2ccccc2Cl)on1)CN1CCN(C)CC1. The van der Waals surface area contributed by atoms with Gasteiger partial charge in [0.05, 0.1) is 17.7 Å². The van der Waals surface area contributed by atoms with Crippen LogP contribution in [0.5, 0.6) is 0 Å². The molecule has 1 fully saturated rings. The summed E-state index contributed by atoms with van der Waals surface area (Å²) in [7, 11) is 3.48. The third-order valence-corrected chi connectivity index (χ3v) is 4.76. The highest BCUT2D eigenvalue weighted by Crippen LogP contribution is 2.28. The second-order valence-electron chi connectivity index (χ2n) is 6.34. The fourth-order valence-electron chi connectivity index (χ4n) is 2.87. The highest BCUT2D eigenvalue weighted by Gasteiger charge is 2.19. The van der Waals surface area contributed by atoms with Crippen molar-refractivity contribution >= 4 is 23.6 Å². The predicted molar refractivity (Wildman–Crippen MR) is 101 cm³/mol. The molecule has 0 radical (unpaired) electrons. The van der Waals surface area contributed by atoms with Gasteiger partial charge in [-0.3, -0.25) is 4.90 Å². The summed E-state index contributed by atoms with van der Waals surface area (Å²) in [5.74, 6) is 0.205. The van der Waals surface area contributed by atoms with Gasteiger partial charge in [-0.15, -0.1) is 0 Å². The van der Waals surface area contributed by atoms with Crippen molar-refractivity contribution < 1.29 is 14.1 Å². The molecule has 138 valence electrons.